The smallest absolute Gasteiger partial charge is 0.338 e. The summed E-state index contributed by atoms with van der Waals surface area (Å²) in [4.78, 5) is 52.0. The van der Waals surface area contributed by atoms with E-state index in [1.807, 2.05) is 68.4 Å². The fourth-order valence-corrected chi connectivity index (χ4v) is 6.83. The molecule has 10 nitrogen and oxygen atoms in total. The molecule has 0 aliphatic carbocycles. The van der Waals surface area contributed by atoms with Crippen LogP contribution in [-0.4, -0.2) is 33.2 Å². The number of benzene rings is 2. The van der Waals surface area contributed by atoms with Crippen LogP contribution in [0.5, 0.6) is 5.75 Å². The van der Waals surface area contributed by atoms with Crippen molar-refractivity contribution in [3.05, 3.63) is 131 Å². The molecule has 2 aromatic carbocycles. The zero-order valence-corrected chi connectivity index (χ0v) is 27.1. The van der Waals surface area contributed by atoms with Crippen molar-refractivity contribution in [1.29, 1.82) is 0 Å². The van der Waals surface area contributed by atoms with Crippen LogP contribution in [-0.2, 0) is 9.53 Å². The molecule has 0 spiro atoms. The summed E-state index contributed by atoms with van der Waals surface area (Å²) in [6, 6.07) is 20.8. The third-order valence-electron chi connectivity index (χ3n) is 6.86. The van der Waals surface area contributed by atoms with Crippen molar-refractivity contribution in [1.82, 2.24) is 14.5 Å². The molecule has 5 aromatic rings. The molecule has 234 valence electrons. The number of aryl methyl sites for hydroxylation is 1. The van der Waals surface area contributed by atoms with E-state index < -0.39 is 12.0 Å². The molecule has 0 amide bonds. The number of rotatable bonds is 9. The van der Waals surface area contributed by atoms with Gasteiger partial charge in [0.05, 0.1) is 34.6 Å². The number of furan rings is 1. The Morgan fingerprint density at radius 3 is 2.57 bits per heavy atom. The molecule has 12 heteroatoms. The van der Waals surface area contributed by atoms with E-state index in [1.54, 1.807) is 32.1 Å². The highest BCUT2D eigenvalue weighted by Gasteiger charge is 2.35. The van der Waals surface area contributed by atoms with Crippen LogP contribution < -0.4 is 25.2 Å². The molecular weight excluding hydrogens is 625 g/mol. The number of aromatic amines is 1. The fourth-order valence-electron chi connectivity index (χ4n) is 5.05. The molecule has 3 aromatic heterocycles. The highest BCUT2D eigenvalue weighted by Crippen LogP contribution is 2.36. The first-order valence-corrected chi connectivity index (χ1v) is 16.2. The van der Waals surface area contributed by atoms with Gasteiger partial charge in [-0.3, -0.25) is 14.2 Å². The second-order valence-electron chi connectivity index (χ2n) is 10.6. The molecule has 1 aliphatic rings. The van der Waals surface area contributed by atoms with Gasteiger partial charge in [0.2, 0.25) is 0 Å². The van der Waals surface area contributed by atoms with E-state index in [-0.39, 0.29) is 29.4 Å². The third kappa shape index (κ3) is 6.53. The van der Waals surface area contributed by atoms with Crippen LogP contribution in [0.4, 0.5) is 0 Å². The minimum Gasteiger partial charge on any atom is -0.491 e. The number of ether oxygens (including phenoxy) is 2. The highest BCUT2D eigenvalue weighted by atomic mass is 32.2. The molecule has 1 aliphatic heterocycles. The van der Waals surface area contributed by atoms with Gasteiger partial charge in [-0.05, 0) is 69.3 Å². The van der Waals surface area contributed by atoms with Crippen molar-refractivity contribution in [3.8, 4) is 5.75 Å². The van der Waals surface area contributed by atoms with Crippen LogP contribution in [0.25, 0.3) is 11.8 Å². The summed E-state index contributed by atoms with van der Waals surface area (Å²) in [5.74, 6) is 0.553. The molecule has 6 rings (SSSR count). The molecule has 0 fully saturated rings. The number of H-pyrrole nitrogens is 1. The van der Waals surface area contributed by atoms with Crippen molar-refractivity contribution in [3.63, 3.8) is 0 Å². The molecule has 4 heterocycles. The largest absolute Gasteiger partial charge is 0.491 e. The van der Waals surface area contributed by atoms with Crippen LogP contribution in [0.2, 0.25) is 0 Å². The van der Waals surface area contributed by atoms with Crippen LogP contribution in [0, 0.1) is 6.92 Å². The summed E-state index contributed by atoms with van der Waals surface area (Å²) >= 11 is 2.37. The summed E-state index contributed by atoms with van der Waals surface area (Å²) in [7, 11) is 0. The van der Waals surface area contributed by atoms with E-state index in [2.05, 4.69) is 9.97 Å². The molecular formula is C34H30N4O6S2. The molecule has 0 saturated heterocycles. The fraction of sp³-hybridized carbons (Fsp3) is 0.206. The predicted octanol–water partition coefficient (Wildman–Crippen LogP) is 4.86. The van der Waals surface area contributed by atoms with E-state index in [0.717, 1.165) is 5.56 Å². The summed E-state index contributed by atoms with van der Waals surface area (Å²) in [6.07, 6.45) is 1.63. The number of aromatic nitrogens is 3. The van der Waals surface area contributed by atoms with Gasteiger partial charge in [0.25, 0.3) is 11.1 Å². The summed E-state index contributed by atoms with van der Waals surface area (Å²) in [5.41, 5.74) is 2.14. The Balaban J connectivity index is 1.49. The maximum absolute atomic E-state index is 14.1. The first-order valence-electron chi connectivity index (χ1n) is 14.6. The number of carbonyl (C=O) groups is 1. The lowest BCUT2D eigenvalue weighted by atomic mass is 9.93. The molecule has 0 unspecified atom stereocenters. The molecule has 0 radical (unpaired) electrons. The number of carbonyl (C=O) groups excluding carboxylic acids is 1. The minimum atomic E-state index is -0.812. The van der Waals surface area contributed by atoms with Crippen molar-refractivity contribution in [2.75, 3.05) is 6.61 Å². The monoisotopic (exact) mass is 654 g/mol. The van der Waals surface area contributed by atoms with Gasteiger partial charge in [0.15, 0.2) is 15.1 Å². The predicted molar refractivity (Wildman–Crippen MR) is 176 cm³/mol. The zero-order chi connectivity index (χ0) is 32.4. The topological polar surface area (TPSA) is 129 Å². The average Bonchev–Trinajstić information content (AvgIpc) is 3.59. The number of nitrogens with one attached hydrogen (secondary N) is 1. The van der Waals surface area contributed by atoms with Gasteiger partial charge >= 0.3 is 5.97 Å². The van der Waals surface area contributed by atoms with Gasteiger partial charge in [0.1, 0.15) is 11.5 Å². The summed E-state index contributed by atoms with van der Waals surface area (Å²) in [5, 5.41) is 0.889. The summed E-state index contributed by atoms with van der Waals surface area (Å²) in [6.45, 7) is 7.53. The van der Waals surface area contributed by atoms with Crippen molar-refractivity contribution in [2.45, 2.75) is 50.1 Å². The second-order valence-corrected chi connectivity index (χ2v) is 12.6. The lowest BCUT2D eigenvalue weighted by molar-refractivity contribution is -0.138. The molecule has 0 saturated carbocycles. The van der Waals surface area contributed by atoms with Gasteiger partial charge in [-0.15, -0.1) is 0 Å². The standard InChI is InChI=1S/C34H30N4O6S2/c1-5-42-32(41)28-29(21-9-7-6-8-10-21)37-34-38(30(28)22-11-13-23(14-12-22)43-19(2)3)31(40)25(45-34)18-24-15-16-27(44-24)46-33-35-20(4)17-26(39)36-33/h6-19,30H,5H2,1-4H3,(H,35,36,39)/b25-18-/t30-/m0/s1. The Kier molecular flexibility index (Phi) is 8.91. The second kappa shape index (κ2) is 13.2. The number of esters is 1. The van der Waals surface area contributed by atoms with Crippen molar-refractivity contribution in [2.24, 2.45) is 4.99 Å². The number of hydrogen-bond donors (Lipinski definition) is 1. The van der Waals surface area contributed by atoms with Gasteiger partial charge in [-0.1, -0.05) is 53.8 Å². The van der Waals surface area contributed by atoms with Gasteiger partial charge in [0, 0.05) is 23.4 Å². The Hall–Kier alpha value is -4.94. The lowest BCUT2D eigenvalue weighted by Gasteiger charge is -2.26. The Bertz CT molecular complexity index is 2180. The minimum absolute atomic E-state index is 0.0147. The van der Waals surface area contributed by atoms with E-state index in [9.17, 15) is 14.4 Å². The molecule has 0 bridgehead atoms. The van der Waals surface area contributed by atoms with E-state index >= 15 is 0 Å². The number of fused-ring (bicyclic) bond motifs is 1. The highest BCUT2D eigenvalue weighted by molar-refractivity contribution is 7.99. The molecule has 1 N–H and O–H groups in total. The zero-order valence-electron chi connectivity index (χ0n) is 25.5. The Morgan fingerprint density at radius 1 is 1.11 bits per heavy atom. The quantitative estimate of drug-likeness (QED) is 0.176. The van der Waals surface area contributed by atoms with Crippen LogP contribution in [0.15, 0.2) is 108 Å². The third-order valence-corrected chi connectivity index (χ3v) is 8.65. The van der Waals surface area contributed by atoms with E-state index in [1.165, 1.54) is 33.7 Å². The number of nitrogens with zero attached hydrogens (tertiary/aromatic N) is 3. The number of thiazole rings is 1. The van der Waals surface area contributed by atoms with Gasteiger partial charge in [-0.2, -0.15) is 0 Å². The number of hydrogen-bond acceptors (Lipinski definition) is 10. The van der Waals surface area contributed by atoms with E-state index in [0.29, 0.717) is 48.0 Å². The van der Waals surface area contributed by atoms with Gasteiger partial charge in [-0.25, -0.2) is 14.8 Å². The lowest BCUT2D eigenvalue weighted by Crippen LogP contribution is -2.40. The van der Waals surface area contributed by atoms with Gasteiger partial charge < -0.3 is 18.9 Å². The maximum atomic E-state index is 14.1. The van der Waals surface area contributed by atoms with Crippen molar-refractivity contribution >= 4 is 40.8 Å². The average molecular weight is 655 g/mol. The van der Waals surface area contributed by atoms with Crippen LogP contribution in [0.3, 0.4) is 0 Å². The molecule has 1 atom stereocenters. The SMILES string of the molecule is CCOC(=O)C1=C(c2ccccc2)N=c2s/c(=C\c3ccc(Sc4nc(C)cc(=O)[nH]4)o3)c(=O)n2[C@H]1c1ccc(OC(C)C)cc1. The normalized spacial score (nSPS) is 14.7. The van der Waals surface area contributed by atoms with Crippen LogP contribution >= 0.6 is 23.1 Å². The first-order chi connectivity index (χ1) is 22.2. The van der Waals surface area contributed by atoms with Crippen molar-refractivity contribution < 1.29 is 18.7 Å². The Labute approximate surface area is 271 Å². The Morgan fingerprint density at radius 2 is 1.87 bits per heavy atom. The van der Waals surface area contributed by atoms with E-state index in [4.69, 9.17) is 18.9 Å². The first kappa shape index (κ1) is 31.1. The van der Waals surface area contributed by atoms with Crippen LogP contribution in [0.1, 0.15) is 49.4 Å². The maximum Gasteiger partial charge on any atom is 0.338 e. The summed E-state index contributed by atoms with van der Waals surface area (Å²) < 4.78 is 19.3. The molecule has 46 heavy (non-hydrogen) atoms.